The van der Waals surface area contributed by atoms with Gasteiger partial charge in [-0.2, -0.15) is 5.26 Å². The van der Waals surface area contributed by atoms with E-state index in [1.54, 1.807) is 0 Å². The molecule has 0 aromatic heterocycles. The molecule has 2 unspecified atom stereocenters. The van der Waals surface area contributed by atoms with Gasteiger partial charge in [-0.1, -0.05) is 42.5 Å². The maximum absolute atomic E-state index is 9.86. The highest BCUT2D eigenvalue weighted by atomic mass is 16.5. The van der Waals surface area contributed by atoms with Gasteiger partial charge in [-0.3, -0.25) is 4.90 Å². The summed E-state index contributed by atoms with van der Waals surface area (Å²) in [5, 5.41) is 9.86. The maximum Gasteiger partial charge on any atom is 0.0903 e. The van der Waals surface area contributed by atoms with Gasteiger partial charge in [-0.05, 0) is 17.8 Å². The van der Waals surface area contributed by atoms with Crippen LogP contribution in [0.5, 0.6) is 0 Å². The molecule has 2 aliphatic rings. The van der Waals surface area contributed by atoms with Crippen molar-refractivity contribution in [3.05, 3.63) is 60.3 Å². The summed E-state index contributed by atoms with van der Waals surface area (Å²) in [7, 11) is 0. The molecule has 0 N–H and O–H groups in total. The van der Waals surface area contributed by atoms with Crippen LogP contribution >= 0.6 is 0 Å². The Bertz CT molecular complexity index is 626. The Kier molecular flexibility index (Phi) is 7.26. The van der Waals surface area contributed by atoms with Crippen molar-refractivity contribution in [2.45, 2.75) is 12.0 Å². The third-order valence-corrected chi connectivity index (χ3v) is 4.87. The van der Waals surface area contributed by atoms with Gasteiger partial charge in [0.05, 0.1) is 38.4 Å². The number of hydrogen-bond acceptors (Lipinski definition) is 5. The van der Waals surface area contributed by atoms with Crippen LogP contribution < -0.4 is 0 Å². The van der Waals surface area contributed by atoms with Gasteiger partial charge in [-0.25, -0.2) is 0 Å². The number of nitrogens with zero attached hydrogens (tertiary/aromatic N) is 3. The van der Waals surface area contributed by atoms with E-state index in [0.717, 1.165) is 58.2 Å². The van der Waals surface area contributed by atoms with Crippen molar-refractivity contribution >= 4 is 0 Å². The molecule has 138 valence electrons. The number of nitriles is 1. The lowest BCUT2D eigenvalue weighted by Gasteiger charge is -2.35. The van der Waals surface area contributed by atoms with Crippen LogP contribution in [-0.4, -0.2) is 68.4 Å². The minimum absolute atomic E-state index is 0.0423. The van der Waals surface area contributed by atoms with E-state index in [2.05, 4.69) is 40.3 Å². The van der Waals surface area contributed by atoms with Crippen molar-refractivity contribution in [1.82, 2.24) is 9.80 Å². The Morgan fingerprint density at radius 3 is 2.23 bits per heavy atom. The van der Waals surface area contributed by atoms with E-state index >= 15 is 0 Å². The summed E-state index contributed by atoms with van der Waals surface area (Å²) in [6.07, 6.45) is 8.41. The average Bonchev–Trinajstić information content (AvgIpc) is 2.72. The molecule has 2 aliphatic heterocycles. The highest BCUT2D eigenvalue weighted by Crippen LogP contribution is 2.25. The van der Waals surface area contributed by atoms with Gasteiger partial charge in [-0.15, -0.1) is 0 Å². The van der Waals surface area contributed by atoms with E-state index in [1.165, 1.54) is 0 Å². The van der Waals surface area contributed by atoms with Gasteiger partial charge in [0.25, 0.3) is 0 Å². The summed E-state index contributed by atoms with van der Waals surface area (Å²) in [6.45, 7) is 6.59. The molecule has 0 radical (unpaired) electrons. The maximum atomic E-state index is 9.86. The van der Waals surface area contributed by atoms with Crippen LogP contribution in [-0.2, 0) is 9.47 Å². The molecular weight excluding hydrogens is 326 g/mol. The molecule has 2 atom stereocenters. The van der Waals surface area contributed by atoms with E-state index in [4.69, 9.17) is 9.47 Å². The number of morpholine rings is 2. The smallest absolute Gasteiger partial charge is 0.0903 e. The molecule has 2 heterocycles. The molecule has 0 spiro atoms. The van der Waals surface area contributed by atoms with Crippen LogP contribution in [0.1, 0.15) is 11.5 Å². The predicted molar refractivity (Wildman–Crippen MR) is 102 cm³/mol. The SMILES string of the molecule is N#CC(c1ccccc1)C(/C=C/C=C/N1CCOCC1)N1CCOCC1. The average molecular weight is 353 g/mol. The first-order chi connectivity index (χ1) is 12.9. The molecule has 1 aromatic rings. The van der Waals surface area contributed by atoms with E-state index in [1.807, 2.05) is 30.3 Å². The van der Waals surface area contributed by atoms with Gasteiger partial charge < -0.3 is 14.4 Å². The fraction of sp³-hybridized carbons (Fsp3) is 0.476. The van der Waals surface area contributed by atoms with Crippen LogP contribution in [0.15, 0.2) is 54.8 Å². The zero-order valence-electron chi connectivity index (χ0n) is 15.2. The topological polar surface area (TPSA) is 48.7 Å². The molecular formula is C21H27N3O2. The molecule has 0 amide bonds. The number of allylic oxidation sites excluding steroid dienone is 2. The van der Waals surface area contributed by atoms with E-state index in [-0.39, 0.29) is 12.0 Å². The second-order valence-corrected chi connectivity index (χ2v) is 6.53. The third-order valence-electron chi connectivity index (χ3n) is 4.87. The molecule has 5 nitrogen and oxygen atoms in total. The third kappa shape index (κ3) is 5.18. The largest absolute Gasteiger partial charge is 0.379 e. The van der Waals surface area contributed by atoms with E-state index in [9.17, 15) is 5.26 Å². The summed E-state index contributed by atoms with van der Waals surface area (Å²) in [6, 6.07) is 12.6. The van der Waals surface area contributed by atoms with Gasteiger partial charge in [0.2, 0.25) is 0 Å². The van der Waals surface area contributed by atoms with Gasteiger partial charge in [0.1, 0.15) is 0 Å². The molecule has 1 aromatic carbocycles. The Hall–Kier alpha value is -2.13. The Labute approximate surface area is 156 Å². The zero-order valence-corrected chi connectivity index (χ0v) is 15.2. The number of ether oxygens (including phenoxy) is 2. The molecule has 0 aliphatic carbocycles. The van der Waals surface area contributed by atoms with Crippen LogP contribution in [0.3, 0.4) is 0 Å². The van der Waals surface area contributed by atoms with Gasteiger partial charge >= 0.3 is 0 Å². The molecule has 0 bridgehead atoms. The Morgan fingerprint density at radius 1 is 0.923 bits per heavy atom. The summed E-state index contributed by atoms with van der Waals surface area (Å²) in [5.74, 6) is -0.192. The normalized spacial score (nSPS) is 21.7. The summed E-state index contributed by atoms with van der Waals surface area (Å²) in [4.78, 5) is 4.61. The Balaban J connectivity index is 1.73. The van der Waals surface area contributed by atoms with Crippen molar-refractivity contribution in [1.29, 1.82) is 5.26 Å². The van der Waals surface area contributed by atoms with Crippen molar-refractivity contribution in [3.8, 4) is 6.07 Å². The molecule has 5 heteroatoms. The molecule has 0 saturated carbocycles. The molecule has 2 saturated heterocycles. The van der Waals surface area contributed by atoms with Gasteiger partial charge in [0, 0.05) is 32.2 Å². The van der Waals surface area contributed by atoms with Crippen molar-refractivity contribution in [3.63, 3.8) is 0 Å². The lowest BCUT2D eigenvalue weighted by Crippen LogP contribution is -2.45. The highest BCUT2D eigenvalue weighted by Gasteiger charge is 2.27. The lowest BCUT2D eigenvalue weighted by molar-refractivity contribution is 0.0236. The summed E-state index contributed by atoms with van der Waals surface area (Å²) in [5.41, 5.74) is 1.06. The minimum Gasteiger partial charge on any atom is -0.379 e. The first-order valence-electron chi connectivity index (χ1n) is 9.31. The molecule has 26 heavy (non-hydrogen) atoms. The monoisotopic (exact) mass is 353 g/mol. The van der Waals surface area contributed by atoms with Crippen LogP contribution in [0.25, 0.3) is 0 Å². The van der Waals surface area contributed by atoms with Crippen molar-refractivity contribution in [2.75, 3.05) is 52.6 Å². The standard InChI is InChI=1S/C21H27N3O2/c22-18-20(19-6-2-1-3-7-19)21(24-12-16-26-17-13-24)8-4-5-9-23-10-14-25-15-11-23/h1-9,20-21H,10-17H2/b8-4+,9-5+. The molecule has 2 fully saturated rings. The van der Waals surface area contributed by atoms with Crippen LogP contribution in [0.2, 0.25) is 0 Å². The fourth-order valence-electron chi connectivity index (χ4n) is 3.40. The quantitative estimate of drug-likeness (QED) is 0.735. The fourth-order valence-corrected chi connectivity index (χ4v) is 3.40. The van der Waals surface area contributed by atoms with Gasteiger partial charge in [0.15, 0.2) is 0 Å². The lowest BCUT2D eigenvalue weighted by atomic mass is 9.91. The van der Waals surface area contributed by atoms with E-state index < -0.39 is 0 Å². The first-order valence-corrected chi connectivity index (χ1v) is 9.31. The second kappa shape index (κ2) is 10.1. The highest BCUT2D eigenvalue weighted by molar-refractivity contribution is 5.30. The number of hydrogen-bond donors (Lipinski definition) is 0. The number of rotatable bonds is 6. The van der Waals surface area contributed by atoms with Crippen LogP contribution in [0.4, 0.5) is 0 Å². The van der Waals surface area contributed by atoms with Crippen LogP contribution in [0, 0.1) is 11.3 Å². The summed E-state index contributed by atoms with van der Waals surface area (Å²) >= 11 is 0. The second-order valence-electron chi connectivity index (χ2n) is 6.53. The first kappa shape index (κ1) is 18.7. The number of benzene rings is 1. The van der Waals surface area contributed by atoms with E-state index in [0.29, 0.717) is 0 Å². The summed E-state index contributed by atoms with van der Waals surface area (Å²) < 4.78 is 10.9. The molecule has 3 rings (SSSR count). The Morgan fingerprint density at radius 2 is 1.58 bits per heavy atom. The zero-order chi connectivity index (χ0) is 18.0. The van der Waals surface area contributed by atoms with Crippen molar-refractivity contribution in [2.24, 2.45) is 0 Å². The van der Waals surface area contributed by atoms with Crippen molar-refractivity contribution < 1.29 is 9.47 Å². The minimum atomic E-state index is -0.192. The predicted octanol–water partition coefficient (Wildman–Crippen LogP) is 2.40.